The Morgan fingerprint density at radius 2 is 2.38 bits per heavy atom. The van der Waals surface area contributed by atoms with Crippen molar-refractivity contribution in [3.63, 3.8) is 0 Å². The fourth-order valence-electron chi connectivity index (χ4n) is 2.54. The van der Waals surface area contributed by atoms with Crippen molar-refractivity contribution in [2.24, 2.45) is 5.92 Å². The lowest BCUT2D eigenvalue weighted by molar-refractivity contribution is -0.127. The second kappa shape index (κ2) is 6.07. The van der Waals surface area contributed by atoms with Crippen LogP contribution in [0.2, 0.25) is 0 Å². The highest BCUT2D eigenvalue weighted by Gasteiger charge is 2.29. The highest BCUT2D eigenvalue weighted by atomic mass is 32.2. The number of nitrogens with zero attached hydrogens (tertiary/aromatic N) is 2. The van der Waals surface area contributed by atoms with Gasteiger partial charge in [0.1, 0.15) is 5.52 Å². The Balaban J connectivity index is 1.56. The summed E-state index contributed by atoms with van der Waals surface area (Å²) in [7, 11) is 0. The Hall–Kier alpha value is -1.53. The number of oxazole rings is 1. The SMILES string of the molecule is CC(O)C1CCN(C(=O)CSc2nc3ccccc3o2)C1. The molecule has 1 saturated heterocycles. The number of likely N-dealkylation sites (tertiary alicyclic amines) is 1. The summed E-state index contributed by atoms with van der Waals surface area (Å²) in [4.78, 5) is 18.3. The molecule has 5 nitrogen and oxygen atoms in total. The van der Waals surface area contributed by atoms with Crippen LogP contribution in [-0.2, 0) is 4.79 Å². The van der Waals surface area contributed by atoms with E-state index in [-0.39, 0.29) is 17.9 Å². The van der Waals surface area contributed by atoms with Crippen molar-refractivity contribution in [2.75, 3.05) is 18.8 Å². The minimum atomic E-state index is -0.354. The van der Waals surface area contributed by atoms with Crippen LogP contribution in [0, 0.1) is 5.92 Å². The predicted molar refractivity (Wildman–Crippen MR) is 81.1 cm³/mol. The van der Waals surface area contributed by atoms with Crippen molar-refractivity contribution in [2.45, 2.75) is 24.7 Å². The minimum Gasteiger partial charge on any atom is -0.431 e. The van der Waals surface area contributed by atoms with E-state index < -0.39 is 0 Å². The maximum atomic E-state index is 12.2. The number of rotatable bonds is 4. The summed E-state index contributed by atoms with van der Waals surface area (Å²) in [5.74, 6) is 0.591. The molecule has 1 N–H and O–H groups in total. The molecule has 1 amide bonds. The summed E-state index contributed by atoms with van der Waals surface area (Å²) in [6.07, 6.45) is 0.518. The first-order valence-corrected chi connectivity index (χ1v) is 8.06. The molecule has 2 unspecified atom stereocenters. The fourth-order valence-corrected chi connectivity index (χ4v) is 3.28. The molecule has 2 atom stereocenters. The van der Waals surface area contributed by atoms with Crippen molar-refractivity contribution in [1.29, 1.82) is 0 Å². The molecule has 0 aliphatic carbocycles. The topological polar surface area (TPSA) is 66.6 Å². The van der Waals surface area contributed by atoms with Gasteiger partial charge in [0.25, 0.3) is 5.22 Å². The van der Waals surface area contributed by atoms with Gasteiger partial charge in [0.15, 0.2) is 5.58 Å². The third-order valence-electron chi connectivity index (χ3n) is 3.85. The van der Waals surface area contributed by atoms with Crippen LogP contribution in [0.25, 0.3) is 11.1 Å². The molecule has 1 aromatic carbocycles. The maximum absolute atomic E-state index is 12.2. The number of aromatic nitrogens is 1. The first kappa shape index (κ1) is 14.4. The van der Waals surface area contributed by atoms with Gasteiger partial charge in [-0.15, -0.1) is 0 Å². The Morgan fingerprint density at radius 1 is 1.57 bits per heavy atom. The lowest BCUT2D eigenvalue weighted by Gasteiger charge is -2.17. The molecule has 2 aromatic rings. The molecule has 0 saturated carbocycles. The van der Waals surface area contributed by atoms with E-state index in [4.69, 9.17) is 4.42 Å². The Bertz CT molecular complexity index is 608. The minimum absolute atomic E-state index is 0.0745. The largest absolute Gasteiger partial charge is 0.431 e. The molecular formula is C15H18N2O3S. The number of fused-ring (bicyclic) bond motifs is 1. The van der Waals surface area contributed by atoms with Crippen LogP contribution in [0.5, 0.6) is 0 Å². The van der Waals surface area contributed by atoms with Gasteiger partial charge in [-0.2, -0.15) is 0 Å². The van der Waals surface area contributed by atoms with E-state index in [1.807, 2.05) is 29.2 Å². The van der Waals surface area contributed by atoms with E-state index in [9.17, 15) is 9.90 Å². The van der Waals surface area contributed by atoms with E-state index in [1.165, 1.54) is 11.8 Å². The predicted octanol–water partition coefficient (Wildman–Crippen LogP) is 2.15. The zero-order valence-corrected chi connectivity index (χ0v) is 12.7. The fraction of sp³-hybridized carbons (Fsp3) is 0.467. The molecule has 112 valence electrons. The standard InChI is InChI=1S/C15H18N2O3S/c1-10(18)11-6-7-17(8-11)14(19)9-21-15-16-12-4-2-3-5-13(12)20-15/h2-5,10-11,18H,6-9H2,1H3. The molecule has 6 heteroatoms. The van der Waals surface area contributed by atoms with E-state index >= 15 is 0 Å². The second-order valence-electron chi connectivity index (χ2n) is 5.37. The number of aliphatic hydroxyl groups is 1. The summed E-state index contributed by atoms with van der Waals surface area (Å²) >= 11 is 1.32. The van der Waals surface area contributed by atoms with Crippen LogP contribution in [0.3, 0.4) is 0 Å². The molecular weight excluding hydrogens is 288 g/mol. The van der Waals surface area contributed by atoms with E-state index in [0.717, 1.165) is 24.1 Å². The molecule has 2 heterocycles. The third-order valence-corrected chi connectivity index (χ3v) is 4.67. The van der Waals surface area contributed by atoms with Gasteiger partial charge in [0.2, 0.25) is 5.91 Å². The van der Waals surface area contributed by atoms with Crippen LogP contribution in [0.4, 0.5) is 0 Å². The summed E-state index contributed by atoms with van der Waals surface area (Å²) in [6, 6.07) is 7.55. The first-order chi connectivity index (χ1) is 10.1. The summed E-state index contributed by atoms with van der Waals surface area (Å²) < 4.78 is 5.58. The Labute approximate surface area is 127 Å². The van der Waals surface area contributed by atoms with Crippen molar-refractivity contribution in [1.82, 2.24) is 9.88 Å². The van der Waals surface area contributed by atoms with Gasteiger partial charge in [-0.1, -0.05) is 23.9 Å². The second-order valence-corrected chi connectivity index (χ2v) is 6.29. The molecule has 1 fully saturated rings. The number of thioether (sulfide) groups is 1. The van der Waals surface area contributed by atoms with Crippen molar-refractivity contribution in [3.8, 4) is 0 Å². The van der Waals surface area contributed by atoms with Gasteiger partial charge < -0.3 is 14.4 Å². The van der Waals surface area contributed by atoms with Gasteiger partial charge in [0.05, 0.1) is 11.9 Å². The molecule has 0 radical (unpaired) electrons. The van der Waals surface area contributed by atoms with Crippen LogP contribution < -0.4 is 0 Å². The van der Waals surface area contributed by atoms with Crippen molar-refractivity contribution < 1.29 is 14.3 Å². The average Bonchev–Trinajstić information content (AvgIpc) is 3.11. The molecule has 21 heavy (non-hydrogen) atoms. The number of amides is 1. The number of benzene rings is 1. The quantitative estimate of drug-likeness (QED) is 0.877. The molecule has 0 bridgehead atoms. The highest BCUT2D eigenvalue weighted by Crippen LogP contribution is 2.25. The highest BCUT2D eigenvalue weighted by molar-refractivity contribution is 7.99. The number of para-hydroxylation sites is 2. The summed E-state index contributed by atoms with van der Waals surface area (Å²) in [5, 5.41) is 10.1. The summed E-state index contributed by atoms with van der Waals surface area (Å²) in [5.41, 5.74) is 1.55. The van der Waals surface area contributed by atoms with Gasteiger partial charge in [0, 0.05) is 19.0 Å². The molecule has 0 spiro atoms. The van der Waals surface area contributed by atoms with E-state index in [0.29, 0.717) is 17.5 Å². The normalized spacial score (nSPS) is 20.1. The van der Waals surface area contributed by atoms with Gasteiger partial charge in [-0.3, -0.25) is 4.79 Å². The molecule has 3 rings (SSSR count). The van der Waals surface area contributed by atoms with Crippen molar-refractivity contribution >= 4 is 28.8 Å². The average molecular weight is 306 g/mol. The van der Waals surface area contributed by atoms with Gasteiger partial charge in [-0.25, -0.2) is 4.98 Å². The Kier molecular flexibility index (Phi) is 4.17. The lowest BCUT2D eigenvalue weighted by Crippen LogP contribution is -2.31. The maximum Gasteiger partial charge on any atom is 0.257 e. The molecule has 1 aromatic heterocycles. The number of carbonyl (C=O) groups is 1. The van der Waals surface area contributed by atoms with Crippen LogP contribution >= 0.6 is 11.8 Å². The number of carbonyl (C=O) groups excluding carboxylic acids is 1. The molecule has 1 aliphatic rings. The smallest absolute Gasteiger partial charge is 0.257 e. The zero-order chi connectivity index (χ0) is 14.8. The lowest BCUT2D eigenvalue weighted by atomic mass is 10.0. The van der Waals surface area contributed by atoms with E-state index in [1.54, 1.807) is 6.92 Å². The van der Waals surface area contributed by atoms with Crippen LogP contribution in [0.15, 0.2) is 33.9 Å². The van der Waals surface area contributed by atoms with E-state index in [2.05, 4.69) is 4.98 Å². The van der Waals surface area contributed by atoms with Crippen molar-refractivity contribution in [3.05, 3.63) is 24.3 Å². The molecule has 1 aliphatic heterocycles. The number of hydrogen-bond donors (Lipinski definition) is 1. The monoisotopic (exact) mass is 306 g/mol. The van der Waals surface area contributed by atoms with Crippen LogP contribution in [0.1, 0.15) is 13.3 Å². The summed E-state index contributed by atoms with van der Waals surface area (Å²) in [6.45, 7) is 3.15. The number of hydrogen-bond acceptors (Lipinski definition) is 5. The third kappa shape index (κ3) is 3.22. The van der Waals surface area contributed by atoms with Gasteiger partial charge >= 0.3 is 0 Å². The van der Waals surface area contributed by atoms with Crippen LogP contribution in [-0.4, -0.2) is 45.8 Å². The first-order valence-electron chi connectivity index (χ1n) is 7.07. The number of aliphatic hydroxyl groups excluding tert-OH is 1. The Morgan fingerprint density at radius 3 is 3.10 bits per heavy atom. The zero-order valence-electron chi connectivity index (χ0n) is 11.9. The van der Waals surface area contributed by atoms with Gasteiger partial charge in [-0.05, 0) is 25.5 Å².